The Morgan fingerprint density at radius 3 is 3.14 bits per heavy atom. The van der Waals surface area contributed by atoms with Gasteiger partial charge in [0.2, 0.25) is 5.91 Å². The quantitative estimate of drug-likeness (QED) is 0.894. The molecule has 0 spiro atoms. The lowest BCUT2D eigenvalue weighted by molar-refractivity contribution is -0.127. The summed E-state index contributed by atoms with van der Waals surface area (Å²) >= 11 is 0. The minimum absolute atomic E-state index is 0.0315. The summed E-state index contributed by atoms with van der Waals surface area (Å²) in [5, 5.41) is 13.3. The van der Waals surface area contributed by atoms with Gasteiger partial charge in [-0.05, 0) is 32.4 Å². The molecule has 1 amide bonds. The fraction of sp³-hybridized carbons (Fsp3) is 0.500. The van der Waals surface area contributed by atoms with Crippen molar-refractivity contribution >= 4 is 5.91 Å². The number of carbonyl (C=O) groups is 1. The molecule has 6 nitrogen and oxygen atoms in total. The Labute approximate surface area is 129 Å². The molecule has 0 aliphatic carbocycles. The summed E-state index contributed by atoms with van der Waals surface area (Å²) in [6, 6.07) is 3.54. The summed E-state index contributed by atoms with van der Waals surface area (Å²) < 4.78 is 7.52. The van der Waals surface area contributed by atoms with Gasteiger partial charge in [0.05, 0.1) is 12.9 Å². The third kappa shape index (κ3) is 2.92. The number of amides is 1. The molecule has 22 heavy (non-hydrogen) atoms. The van der Waals surface area contributed by atoms with Gasteiger partial charge >= 0.3 is 0 Å². The third-order valence-corrected chi connectivity index (χ3v) is 4.22. The molecule has 118 valence electrons. The zero-order valence-electron chi connectivity index (χ0n) is 12.9. The van der Waals surface area contributed by atoms with Crippen LogP contribution in [0.2, 0.25) is 0 Å². The number of aliphatic hydroxyl groups is 1. The number of rotatable bonds is 4. The first-order valence-corrected chi connectivity index (χ1v) is 7.52. The van der Waals surface area contributed by atoms with Crippen molar-refractivity contribution in [1.82, 2.24) is 14.9 Å². The predicted octanol–water partition coefficient (Wildman–Crippen LogP) is 1.37. The highest BCUT2D eigenvalue weighted by atomic mass is 16.4. The zero-order chi connectivity index (χ0) is 15.7. The first-order chi connectivity index (χ1) is 10.5. The van der Waals surface area contributed by atoms with E-state index in [-0.39, 0.29) is 18.4 Å². The van der Waals surface area contributed by atoms with Crippen molar-refractivity contribution in [1.29, 1.82) is 0 Å². The number of nitrogens with one attached hydrogen (secondary N) is 1. The van der Waals surface area contributed by atoms with Crippen molar-refractivity contribution in [3.8, 4) is 0 Å². The highest BCUT2D eigenvalue weighted by molar-refractivity contribution is 5.79. The Hall–Kier alpha value is -2.08. The standard InChI is InChI=1S/C16H21N3O3/c1-11-3-4-14(22-11)16(2,21)9-18-15(20)12-5-6-19-10-17-8-13(19)7-12/h3-4,8,10,12,21H,5-7,9H2,1-2H3,(H,18,20). The van der Waals surface area contributed by atoms with Crippen LogP contribution in [0.25, 0.3) is 0 Å². The maximum atomic E-state index is 12.3. The van der Waals surface area contributed by atoms with Crippen molar-refractivity contribution in [3.63, 3.8) is 0 Å². The summed E-state index contributed by atoms with van der Waals surface area (Å²) in [5.41, 5.74) is -0.125. The van der Waals surface area contributed by atoms with Crippen molar-refractivity contribution in [2.45, 2.75) is 38.8 Å². The minimum atomic E-state index is -1.21. The highest BCUT2D eigenvalue weighted by Gasteiger charge is 2.30. The lowest BCUT2D eigenvalue weighted by atomic mass is 9.95. The molecule has 2 unspecified atom stereocenters. The van der Waals surface area contributed by atoms with Crippen LogP contribution in [0.1, 0.15) is 30.6 Å². The topological polar surface area (TPSA) is 80.3 Å². The molecule has 1 aliphatic heterocycles. The van der Waals surface area contributed by atoms with Crippen molar-refractivity contribution in [2.75, 3.05) is 6.54 Å². The van der Waals surface area contributed by atoms with Crippen molar-refractivity contribution in [2.24, 2.45) is 5.92 Å². The number of carbonyl (C=O) groups excluding carboxylic acids is 1. The summed E-state index contributed by atoms with van der Waals surface area (Å²) in [5.74, 6) is 1.10. The molecule has 0 bridgehead atoms. The second-order valence-electron chi connectivity index (χ2n) is 6.17. The normalized spacial score (nSPS) is 20.2. The van der Waals surface area contributed by atoms with E-state index in [9.17, 15) is 9.90 Å². The lowest BCUT2D eigenvalue weighted by Crippen LogP contribution is -2.42. The Kier molecular flexibility index (Phi) is 3.78. The average molecular weight is 303 g/mol. The van der Waals surface area contributed by atoms with Crippen LogP contribution in [0.5, 0.6) is 0 Å². The smallest absolute Gasteiger partial charge is 0.223 e. The van der Waals surface area contributed by atoms with E-state index < -0.39 is 5.60 Å². The fourth-order valence-electron chi connectivity index (χ4n) is 2.81. The van der Waals surface area contributed by atoms with E-state index in [2.05, 4.69) is 14.9 Å². The van der Waals surface area contributed by atoms with Gasteiger partial charge in [-0.25, -0.2) is 4.98 Å². The molecule has 2 aromatic heterocycles. The summed E-state index contributed by atoms with van der Waals surface area (Å²) in [4.78, 5) is 16.4. The number of aromatic nitrogens is 2. The van der Waals surface area contributed by atoms with Crippen LogP contribution < -0.4 is 5.32 Å². The van der Waals surface area contributed by atoms with Gasteiger partial charge in [0, 0.05) is 30.8 Å². The number of aryl methyl sites for hydroxylation is 2. The number of furan rings is 1. The van der Waals surface area contributed by atoms with Crippen LogP contribution >= 0.6 is 0 Å². The Morgan fingerprint density at radius 2 is 2.41 bits per heavy atom. The molecule has 2 aromatic rings. The molecule has 0 aromatic carbocycles. The average Bonchev–Trinajstić information content (AvgIpc) is 3.12. The molecule has 0 saturated heterocycles. The Bertz CT molecular complexity index is 672. The van der Waals surface area contributed by atoms with Gasteiger partial charge in [0.1, 0.15) is 17.1 Å². The van der Waals surface area contributed by atoms with Crippen LogP contribution in [-0.2, 0) is 23.4 Å². The second kappa shape index (κ2) is 5.61. The molecule has 2 N–H and O–H groups in total. The monoisotopic (exact) mass is 303 g/mol. The molecule has 0 fully saturated rings. The van der Waals surface area contributed by atoms with Gasteiger partial charge in [-0.2, -0.15) is 0 Å². The van der Waals surface area contributed by atoms with Crippen LogP contribution in [0.3, 0.4) is 0 Å². The SMILES string of the molecule is Cc1ccc(C(C)(O)CNC(=O)C2CCn3cncc3C2)o1. The molecule has 6 heteroatoms. The van der Waals surface area contributed by atoms with E-state index in [1.165, 1.54) is 0 Å². The number of hydrogen-bond acceptors (Lipinski definition) is 4. The molecule has 0 radical (unpaired) electrons. The number of hydrogen-bond donors (Lipinski definition) is 2. The Balaban J connectivity index is 1.59. The summed E-state index contributed by atoms with van der Waals surface area (Å²) in [6.45, 7) is 4.40. The molecule has 3 heterocycles. The third-order valence-electron chi connectivity index (χ3n) is 4.22. The first-order valence-electron chi connectivity index (χ1n) is 7.52. The van der Waals surface area contributed by atoms with Gasteiger partial charge in [-0.1, -0.05) is 0 Å². The van der Waals surface area contributed by atoms with E-state index in [1.807, 2.05) is 6.92 Å². The van der Waals surface area contributed by atoms with Gasteiger partial charge in [-0.3, -0.25) is 4.79 Å². The van der Waals surface area contributed by atoms with E-state index in [0.29, 0.717) is 12.2 Å². The largest absolute Gasteiger partial charge is 0.463 e. The zero-order valence-corrected chi connectivity index (χ0v) is 12.9. The molecule has 1 aliphatic rings. The number of nitrogens with zero attached hydrogens (tertiary/aromatic N) is 2. The van der Waals surface area contributed by atoms with E-state index in [4.69, 9.17) is 4.42 Å². The van der Waals surface area contributed by atoms with Gasteiger partial charge < -0.3 is 19.4 Å². The maximum Gasteiger partial charge on any atom is 0.223 e. The second-order valence-corrected chi connectivity index (χ2v) is 6.17. The molecule has 0 saturated carbocycles. The lowest BCUT2D eigenvalue weighted by Gasteiger charge is -2.26. The van der Waals surface area contributed by atoms with Crippen LogP contribution in [-0.4, -0.2) is 27.1 Å². The fourth-order valence-corrected chi connectivity index (χ4v) is 2.81. The van der Waals surface area contributed by atoms with Crippen LogP contribution in [0.15, 0.2) is 29.1 Å². The first kappa shape index (κ1) is 14.8. The van der Waals surface area contributed by atoms with Gasteiger partial charge in [0.15, 0.2) is 0 Å². The number of imidazole rings is 1. The van der Waals surface area contributed by atoms with E-state index >= 15 is 0 Å². The summed E-state index contributed by atoms with van der Waals surface area (Å²) in [7, 11) is 0. The van der Waals surface area contributed by atoms with E-state index in [0.717, 1.165) is 24.4 Å². The molecular formula is C16H21N3O3. The molecule has 3 rings (SSSR count). The van der Waals surface area contributed by atoms with Crippen molar-refractivity contribution < 1.29 is 14.3 Å². The molecule has 2 atom stereocenters. The minimum Gasteiger partial charge on any atom is -0.463 e. The van der Waals surface area contributed by atoms with Crippen molar-refractivity contribution in [3.05, 3.63) is 41.9 Å². The van der Waals surface area contributed by atoms with Crippen LogP contribution in [0, 0.1) is 12.8 Å². The van der Waals surface area contributed by atoms with Gasteiger partial charge in [0.25, 0.3) is 0 Å². The summed E-state index contributed by atoms with van der Waals surface area (Å²) in [6.07, 6.45) is 5.08. The Morgan fingerprint density at radius 1 is 1.59 bits per heavy atom. The van der Waals surface area contributed by atoms with Crippen LogP contribution in [0.4, 0.5) is 0 Å². The van der Waals surface area contributed by atoms with Gasteiger partial charge in [-0.15, -0.1) is 0 Å². The van der Waals surface area contributed by atoms with E-state index in [1.54, 1.807) is 31.6 Å². The molecular weight excluding hydrogens is 282 g/mol. The maximum absolute atomic E-state index is 12.3. The predicted molar refractivity (Wildman–Crippen MR) is 80.1 cm³/mol. The number of fused-ring (bicyclic) bond motifs is 1. The highest BCUT2D eigenvalue weighted by Crippen LogP contribution is 2.23.